The van der Waals surface area contributed by atoms with Crippen molar-refractivity contribution in [1.29, 1.82) is 0 Å². The summed E-state index contributed by atoms with van der Waals surface area (Å²) in [6.45, 7) is 4.37. The molecule has 0 aliphatic heterocycles. The molecule has 0 aromatic heterocycles. The molecule has 0 unspecified atom stereocenters. The Morgan fingerprint density at radius 3 is 2.57 bits per heavy atom. The number of unbranched alkanes of at least 4 members (excludes halogenated alkanes) is 3. The molecule has 0 radical (unpaired) electrons. The number of allylic oxidation sites excluding steroid dienone is 2. The molecule has 0 aromatic carbocycles. The second-order valence-corrected chi connectivity index (χ2v) is 4.35. The van der Waals surface area contributed by atoms with Gasteiger partial charge in [0.15, 0.2) is 5.78 Å². The molecule has 0 N–H and O–H groups in total. The molecule has 1 nitrogen and oxygen atoms in total. The highest BCUT2D eigenvalue weighted by atomic mass is 16.1. The Morgan fingerprint density at radius 2 is 2.00 bits per heavy atom. The average Bonchev–Trinajstić information content (AvgIpc) is 2.59. The predicted molar refractivity (Wildman–Crippen MR) is 60.3 cm³/mol. The molecule has 1 rings (SSSR count). The summed E-state index contributed by atoms with van der Waals surface area (Å²) in [7, 11) is 0. The van der Waals surface area contributed by atoms with Crippen LogP contribution in [0.5, 0.6) is 0 Å². The standard InChI is InChI=1S/C13H22O/c1-3-4-5-6-8-11(2)12-9-7-10-13(12)14/h3-10H2,1-2H3. The molecule has 0 heterocycles. The van der Waals surface area contributed by atoms with E-state index in [1.54, 1.807) is 0 Å². The molecule has 1 heteroatoms. The molecule has 1 saturated carbocycles. The summed E-state index contributed by atoms with van der Waals surface area (Å²) in [5.74, 6) is 0.415. The van der Waals surface area contributed by atoms with E-state index < -0.39 is 0 Å². The van der Waals surface area contributed by atoms with E-state index in [0.717, 1.165) is 31.3 Å². The molecular weight excluding hydrogens is 172 g/mol. The molecule has 0 spiro atoms. The normalized spacial score (nSPS) is 20.3. The molecule has 0 saturated heterocycles. The SMILES string of the molecule is CCCCCCC(C)=C1CCCC1=O. The van der Waals surface area contributed by atoms with Gasteiger partial charge in [-0.3, -0.25) is 4.79 Å². The van der Waals surface area contributed by atoms with Crippen LogP contribution in [0.2, 0.25) is 0 Å². The monoisotopic (exact) mass is 194 g/mol. The van der Waals surface area contributed by atoms with Crippen molar-refractivity contribution in [3.05, 3.63) is 11.1 Å². The summed E-state index contributed by atoms with van der Waals surface area (Å²) in [6, 6.07) is 0. The number of rotatable bonds is 5. The minimum Gasteiger partial charge on any atom is -0.295 e. The molecule has 0 amide bonds. The summed E-state index contributed by atoms with van der Waals surface area (Å²) < 4.78 is 0. The van der Waals surface area contributed by atoms with Crippen molar-refractivity contribution in [1.82, 2.24) is 0 Å². The van der Waals surface area contributed by atoms with Crippen LogP contribution in [0.1, 0.15) is 65.2 Å². The Kier molecular flexibility index (Phi) is 4.92. The topological polar surface area (TPSA) is 17.1 Å². The predicted octanol–water partition coefficient (Wildman–Crippen LogP) is 4.03. The molecule has 1 aliphatic carbocycles. The van der Waals surface area contributed by atoms with Crippen LogP contribution in [0.4, 0.5) is 0 Å². The number of carbonyl (C=O) groups excluding carboxylic acids is 1. The minimum absolute atomic E-state index is 0.415. The van der Waals surface area contributed by atoms with E-state index in [1.807, 2.05) is 0 Å². The first-order chi connectivity index (χ1) is 6.75. The van der Waals surface area contributed by atoms with Gasteiger partial charge in [-0.05, 0) is 38.2 Å². The quantitative estimate of drug-likeness (QED) is 0.477. The lowest BCUT2D eigenvalue weighted by Crippen LogP contribution is -1.95. The van der Waals surface area contributed by atoms with Crippen molar-refractivity contribution < 1.29 is 4.79 Å². The Balaban J connectivity index is 2.32. The van der Waals surface area contributed by atoms with Crippen molar-refractivity contribution >= 4 is 5.78 Å². The Labute approximate surface area is 87.6 Å². The Morgan fingerprint density at radius 1 is 1.21 bits per heavy atom. The van der Waals surface area contributed by atoms with Crippen LogP contribution in [0.25, 0.3) is 0 Å². The maximum Gasteiger partial charge on any atom is 0.158 e. The van der Waals surface area contributed by atoms with Gasteiger partial charge >= 0.3 is 0 Å². The van der Waals surface area contributed by atoms with Crippen molar-refractivity contribution in [3.63, 3.8) is 0 Å². The zero-order chi connectivity index (χ0) is 10.4. The minimum atomic E-state index is 0.415. The van der Waals surface area contributed by atoms with E-state index in [0.29, 0.717) is 5.78 Å². The smallest absolute Gasteiger partial charge is 0.158 e. The van der Waals surface area contributed by atoms with Crippen LogP contribution in [0.3, 0.4) is 0 Å². The third kappa shape index (κ3) is 3.28. The third-order valence-corrected chi connectivity index (χ3v) is 3.09. The lowest BCUT2D eigenvalue weighted by molar-refractivity contribution is -0.114. The van der Waals surface area contributed by atoms with Crippen molar-refractivity contribution in [2.75, 3.05) is 0 Å². The summed E-state index contributed by atoms with van der Waals surface area (Å²) in [5, 5.41) is 0. The largest absolute Gasteiger partial charge is 0.295 e. The van der Waals surface area contributed by atoms with Gasteiger partial charge in [0, 0.05) is 6.42 Å². The molecule has 0 bridgehead atoms. The fourth-order valence-corrected chi connectivity index (χ4v) is 2.14. The molecule has 14 heavy (non-hydrogen) atoms. The number of hydrogen-bond donors (Lipinski definition) is 0. The van der Waals surface area contributed by atoms with Crippen LogP contribution in [-0.2, 0) is 4.79 Å². The zero-order valence-electron chi connectivity index (χ0n) is 9.57. The van der Waals surface area contributed by atoms with E-state index in [4.69, 9.17) is 0 Å². The van der Waals surface area contributed by atoms with Crippen molar-refractivity contribution in [3.8, 4) is 0 Å². The first-order valence-corrected chi connectivity index (χ1v) is 5.97. The van der Waals surface area contributed by atoms with Crippen LogP contribution in [-0.4, -0.2) is 5.78 Å². The summed E-state index contributed by atoms with van der Waals surface area (Å²) in [5.41, 5.74) is 2.52. The first-order valence-electron chi connectivity index (χ1n) is 5.97. The van der Waals surface area contributed by atoms with E-state index >= 15 is 0 Å². The summed E-state index contributed by atoms with van der Waals surface area (Å²) in [6.07, 6.45) is 9.25. The average molecular weight is 194 g/mol. The van der Waals surface area contributed by atoms with Crippen LogP contribution in [0, 0.1) is 0 Å². The second kappa shape index (κ2) is 6.00. The zero-order valence-corrected chi connectivity index (χ0v) is 9.57. The van der Waals surface area contributed by atoms with Gasteiger partial charge in [0.25, 0.3) is 0 Å². The lowest BCUT2D eigenvalue weighted by atomic mass is 10.0. The lowest BCUT2D eigenvalue weighted by Gasteiger charge is -2.04. The number of ketones is 1. The van der Waals surface area contributed by atoms with Gasteiger partial charge in [0.1, 0.15) is 0 Å². The van der Waals surface area contributed by atoms with E-state index in [2.05, 4.69) is 13.8 Å². The molecule has 1 aliphatic rings. The number of hydrogen-bond acceptors (Lipinski definition) is 1. The highest BCUT2D eigenvalue weighted by Crippen LogP contribution is 2.26. The van der Waals surface area contributed by atoms with Gasteiger partial charge in [-0.25, -0.2) is 0 Å². The molecular formula is C13H22O. The van der Waals surface area contributed by atoms with E-state index in [1.165, 1.54) is 31.3 Å². The molecule has 0 atom stereocenters. The van der Waals surface area contributed by atoms with Crippen molar-refractivity contribution in [2.45, 2.75) is 65.2 Å². The fourth-order valence-electron chi connectivity index (χ4n) is 2.14. The van der Waals surface area contributed by atoms with Crippen LogP contribution < -0.4 is 0 Å². The summed E-state index contributed by atoms with van der Waals surface area (Å²) >= 11 is 0. The highest BCUT2D eigenvalue weighted by Gasteiger charge is 2.18. The molecule has 1 fully saturated rings. The van der Waals surface area contributed by atoms with Gasteiger partial charge in [0.05, 0.1) is 0 Å². The maximum atomic E-state index is 11.4. The van der Waals surface area contributed by atoms with Gasteiger partial charge < -0.3 is 0 Å². The summed E-state index contributed by atoms with van der Waals surface area (Å²) in [4.78, 5) is 11.4. The van der Waals surface area contributed by atoms with Crippen LogP contribution in [0.15, 0.2) is 11.1 Å². The third-order valence-electron chi connectivity index (χ3n) is 3.09. The van der Waals surface area contributed by atoms with Gasteiger partial charge in [0.2, 0.25) is 0 Å². The molecule has 80 valence electrons. The second-order valence-electron chi connectivity index (χ2n) is 4.35. The maximum absolute atomic E-state index is 11.4. The van der Waals surface area contributed by atoms with Crippen molar-refractivity contribution in [2.24, 2.45) is 0 Å². The molecule has 0 aromatic rings. The van der Waals surface area contributed by atoms with Gasteiger partial charge in [-0.15, -0.1) is 0 Å². The Bertz CT molecular complexity index is 225. The first kappa shape index (κ1) is 11.5. The van der Waals surface area contributed by atoms with Gasteiger partial charge in [-0.2, -0.15) is 0 Å². The van der Waals surface area contributed by atoms with Gasteiger partial charge in [-0.1, -0.05) is 31.8 Å². The number of Topliss-reactive ketones (excluding diaryl/α,β-unsaturated/α-hetero) is 1. The fraction of sp³-hybridized carbons (Fsp3) is 0.769. The van der Waals surface area contributed by atoms with Crippen LogP contribution >= 0.6 is 0 Å². The highest BCUT2D eigenvalue weighted by molar-refractivity contribution is 5.97. The van der Waals surface area contributed by atoms with E-state index in [-0.39, 0.29) is 0 Å². The van der Waals surface area contributed by atoms with E-state index in [9.17, 15) is 4.79 Å². The Hall–Kier alpha value is -0.590. The number of carbonyl (C=O) groups is 1.